The van der Waals surface area contributed by atoms with Crippen LogP contribution >= 0.6 is 0 Å². The van der Waals surface area contributed by atoms with Gasteiger partial charge in [-0.1, -0.05) is 13.0 Å². The molecular formula is C12H17N3O3. The largest absolute Gasteiger partial charge is 0.468 e. The maximum atomic E-state index is 11.7. The molecule has 0 spiro atoms. The molecule has 1 aromatic rings. The first kappa shape index (κ1) is 14.0. The normalized spacial score (nSPS) is 11.2. The Morgan fingerprint density at radius 3 is 2.89 bits per heavy atom. The van der Waals surface area contributed by atoms with Crippen molar-refractivity contribution in [2.45, 2.75) is 26.8 Å². The van der Waals surface area contributed by atoms with Crippen LogP contribution < -0.4 is 5.32 Å². The third-order valence-corrected chi connectivity index (χ3v) is 2.28. The van der Waals surface area contributed by atoms with Crippen LogP contribution in [0.15, 0.2) is 24.0 Å². The standard InChI is InChI=1S/C12H17N3O3/c1-4-5-9(2)12(17)14-10-6-13-15(7-10)8-11(16)18-3/h5-7H,4,8H2,1-3H3,(H,14,17)/b9-5+. The highest BCUT2D eigenvalue weighted by molar-refractivity contribution is 6.03. The van der Waals surface area contributed by atoms with Crippen LogP contribution in [0.2, 0.25) is 0 Å². The molecule has 6 nitrogen and oxygen atoms in total. The van der Waals surface area contributed by atoms with Crippen LogP contribution in [0.1, 0.15) is 20.3 Å². The highest BCUT2D eigenvalue weighted by atomic mass is 16.5. The predicted octanol–water partition coefficient (Wildman–Crippen LogP) is 1.35. The quantitative estimate of drug-likeness (QED) is 0.633. The molecule has 1 amide bonds. The Labute approximate surface area is 106 Å². The first-order valence-electron chi connectivity index (χ1n) is 5.64. The fourth-order valence-corrected chi connectivity index (χ4v) is 1.34. The van der Waals surface area contributed by atoms with E-state index < -0.39 is 5.97 Å². The molecule has 98 valence electrons. The second kappa shape index (κ2) is 6.58. The van der Waals surface area contributed by atoms with Gasteiger partial charge in [0, 0.05) is 11.8 Å². The van der Waals surface area contributed by atoms with Crippen LogP contribution in [0.3, 0.4) is 0 Å². The number of esters is 1. The summed E-state index contributed by atoms with van der Waals surface area (Å²) >= 11 is 0. The summed E-state index contributed by atoms with van der Waals surface area (Å²) in [6.45, 7) is 3.74. The molecule has 0 aromatic carbocycles. The van der Waals surface area contributed by atoms with E-state index >= 15 is 0 Å². The number of anilines is 1. The Kier molecular flexibility index (Phi) is 5.10. The molecule has 0 radical (unpaired) electrons. The van der Waals surface area contributed by atoms with Gasteiger partial charge in [0.25, 0.3) is 5.91 Å². The van der Waals surface area contributed by atoms with Crippen LogP contribution in [0.4, 0.5) is 5.69 Å². The number of allylic oxidation sites excluding steroid dienone is 1. The lowest BCUT2D eigenvalue weighted by Gasteiger charge is -2.02. The molecule has 1 aromatic heterocycles. The Hall–Kier alpha value is -2.11. The molecule has 1 rings (SSSR count). The minimum Gasteiger partial charge on any atom is -0.468 e. The highest BCUT2D eigenvalue weighted by Crippen LogP contribution is 2.07. The van der Waals surface area contributed by atoms with E-state index in [1.807, 2.05) is 13.0 Å². The maximum Gasteiger partial charge on any atom is 0.327 e. The Morgan fingerprint density at radius 1 is 1.56 bits per heavy atom. The van der Waals surface area contributed by atoms with E-state index in [9.17, 15) is 9.59 Å². The predicted molar refractivity (Wildman–Crippen MR) is 66.9 cm³/mol. The molecule has 0 aliphatic rings. The van der Waals surface area contributed by atoms with Crippen molar-refractivity contribution in [2.75, 3.05) is 12.4 Å². The number of nitrogens with one attached hydrogen (secondary N) is 1. The molecule has 0 atom stereocenters. The monoisotopic (exact) mass is 251 g/mol. The molecule has 0 unspecified atom stereocenters. The van der Waals surface area contributed by atoms with Crippen molar-refractivity contribution in [1.82, 2.24) is 9.78 Å². The lowest BCUT2D eigenvalue weighted by atomic mass is 10.2. The van der Waals surface area contributed by atoms with Gasteiger partial charge in [0.05, 0.1) is 19.0 Å². The van der Waals surface area contributed by atoms with E-state index in [1.54, 1.807) is 13.1 Å². The molecular weight excluding hydrogens is 234 g/mol. The molecule has 0 aliphatic carbocycles. The molecule has 1 N–H and O–H groups in total. The fourth-order valence-electron chi connectivity index (χ4n) is 1.34. The highest BCUT2D eigenvalue weighted by Gasteiger charge is 2.08. The van der Waals surface area contributed by atoms with Gasteiger partial charge in [0.2, 0.25) is 0 Å². The van der Waals surface area contributed by atoms with E-state index in [1.165, 1.54) is 18.0 Å². The van der Waals surface area contributed by atoms with Crippen molar-refractivity contribution in [1.29, 1.82) is 0 Å². The first-order chi connectivity index (χ1) is 8.56. The number of hydrogen-bond donors (Lipinski definition) is 1. The Balaban J connectivity index is 2.61. The van der Waals surface area contributed by atoms with Crippen molar-refractivity contribution in [2.24, 2.45) is 0 Å². The number of amides is 1. The number of hydrogen-bond acceptors (Lipinski definition) is 4. The zero-order valence-electron chi connectivity index (χ0n) is 10.8. The molecule has 0 fully saturated rings. The maximum absolute atomic E-state index is 11.7. The zero-order valence-corrected chi connectivity index (χ0v) is 10.8. The van der Waals surface area contributed by atoms with Gasteiger partial charge in [-0.15, -0.1) is 0 Å². The molecule has 0 saturated heterocycles. The number of nitrogens with zero attached hydrogens (tertiary/aromatic N) is 2. The summed E-state index contributed by atoms with van der Waals surface area (Å²) in [5, 5.41) is 6.64. The summed E-state index contributed by atoms with van der Waals surface area (Å²) in [6.07, 6.45) is 5.71. The number of methoxy groups -OCH3 is 1. The molecule has 1 heterocycles. The zero-order chi connectivity index (χ0) is 13.5. The lowest BCUT2D eigenvalue weighted by molar-refractivity contribution is -0.141. The average Bonchev–Trinajstić information content (AvgIpc) is 2.76. The van der Waals surface area contributed by atoms with Gasteiger partial charge in [0.1, 0.15) is 6.54 Å². The van der Waals surface area contributed by atoms with Crippen molar-refractivity contribution >= 4 is 17.6 Å². The number of rotatable bonds is 5. The van der Waals surface area contributed by atoms with Gasteiger partial charge in [-0.3, -0.25) is 14.3 Å². The van der Waals surface area contributed by atoms with Crippen LogP contribution in [0, 0.1) is 0 Å². The van der Waals surface area contributed by atoms with Gasteiger partial charge in [-0.05, 0) is 13.3 Å². The van der Waals surface area contributed by atoms with Gasteiger partial charge < -0.3 is 10.1 Å². The summed E-state index contributed by atoms with van der Waals surface area (Å²) in [6, 6.07) is 0. The molecule has 0 bridgehead atoms. The van der Waals surface area contributed by atoms with Crippen molar-refractivity contribution < 1.29 is 14.3 Å². The van der Waals surface area contributed by atoms with Gasteiger partial charge in [-0.2, -0.15) is 5.10 Å². The van der Waals surface area contributed by atoms with Gasteiger partial charge in [-0.25, -0.2) is 0 Å². The summed E-state index contributed by atoms with van der Waals surface area (Å²) in [4.78, 5) is 22.7. The Morgan fingerprint density at radius 2 is 2.28 bits per heavy atom. The summed E-state index contributed by atoms with van der Waals surface area (Å²) in [5.74, 6) is -0.562. The topological polar surface area (TPSA) is 73.2 Å². The van der Waals surface area contributed by atoms with E-state index in [2.05, 4.69) is 15.2 Å². The molecule has 6 heteroatoms. The van der Waals surface area contributed by atoms with Crippen molar-refractivity contribution in [3.8, 4) is 0 Å². The second-order valence-electron chi connectivity index (χ2n) is 3.75. The number of carbonyl (C=O) groups excluding carboxylic acids is 2. The summed E-state index contributed by atoms with van der Waals surface area (Å²) in [5.41, 5.74) is 1.20. The minimum atomic E-state index is -0.391. The first-order valence-corrected chi connectivity index (χ1v) is 5.64. The number of carbonyl (C=O) groups is 2. The fraction of sp³-hybridized carbons (Fsp3) is 0.417. The third kappa shape index (κ3) is 4.04. The third-order valence-electron chi connectivity index (χ3n) is 2.28. The number of ether oxygens (including phenoxy) is 1. The van der Waals surface area contributed by atoms with Gasteiger partial charge in [0.15, 0.2) is 0 Å². The minimum absolute atomic E-state index is 0.0240. The SMILES string of the molecule is CC/C=C(\C)C(=O)Nc1cnn(CC(=O)OC)c1. The van der Waals surface area contributed by atoms with Crippen LogP contribution in [0.5, 0.6) is 0 Å². The summed E-state index contributed by atoms with van der Waals surface area (Å²) in [7, 11) is 1.31. The molecule has 18 heavy (non-hydrogen) atoms. The smallest absolute Gasteiger partial charge is 0.327 e. The molecule has 0 saturated carbocycles. The van der Waals surface area contributed by atoms with Crippen LogP contribution in [-0.2, 0) is 20.9 Å². The van der Waals surface area contributed by atoms with Crippen molar-refractivity contribution in [3.63, 3.8) is 0 Å². The van der Waals surface area contributed by atoms with E-state index in [0.717, 1.165) is 6.42 Å². The molecule has 0 aliphatic heterocycles. The van der Waals surface area contributed by atoms with E-state index in [4.69, 9.17) is 0 Å². The second-order valence-corrected chi connectivity index (χ2v) is 3.75. The van der Waals surface area contributed by atoms with Crippen molar-refractivity contribution in [3.05, 3.63) is 24.0 Å². The van der Waals surface area contributed by atoms with Crippen LogP contribution in [-0.4, -0.2) is 28.8 Å². The average molecular weight is 251 g/mol. The van der Waals surface area contributed by atoms with Gasteiger partial charge >= 0.3 is 5.97 Å². The Bertz CT molecular complexity index is 463. The lowest BCUT2D eigenvalue weighted by Crippen LogP contribution is -2.13. The van der Waals surface area contributed by atoms with Crippen LogP contribution in [0.25, 0.3) is 0 Å². The van der Waals surface area contributed by atoms with E-state index in [0.29, 0.717) is 11.3 Å². The number of aromatic nitrogens is 2. The van der Waals surface area contributed by atoms with E-state index in [-0.39, 0.29) is 12.5 Å². The summed E-state index contributed by atoms with van der Waals surface area (Å²) < 4.78 is 5.92.